The number of aliphatic imine (C=N–C) groups is 2. The van der Waals surface area contributed by atoms with Crippen LogP contribution >= 0.6 is 11.6 Å². The molecule has 35 heavy (non-hydrogen) atoms. The maximum atomic E-state index is 6.59. The number of piperazine rings is 1. The molecule has 0 amide bonds. The lowest BCUT2D eigenvalue weighted by Gasteiger charge is -2.33. The molecule has 0 aliphatic carbocycles. The lowest BCUT2D eigenvalue weighted by atomic mass is 10.2. The van der Waals surface area contributed by atoms with Crippen molar-refractivity contribution in [1.29, 1.82) is 0 Å². The SMILES string of the molecule is C=N/C(=C\C(=N/COc1ccc2[nH]c(C)cc2c1Cl)N1CCN(C)CC1)Nc1cc(CCC)[nH]n1. The summed E-state index contributed by atoms with van der Waals surface area (Å²) in [4.78, 5) is 16.7. The second kappa shape index (κ2) is 11.4. The molecule has 3 aromatic rings. The number of H-pyrrole nitrogens is 2. The first-order valence-electron chi connectivity index (χ1n) is 11.8. The fraction of sp³-hybridized carbons (Fsp3) is 0.400. The average molecular weight is 497 g/mol. The lowest BCUT2D eigenvalue weighted by Crippen LogP contribution is -2.47. The van der Waals surface area contributed by atoms with Gasteiger partial charge in [-0.2, -0.15) is 5.10 Å². The maximum Gasteiger partial charge on any atom is 0.181 e. The summed E-state index contributed by atoms with van der Waals surface area (Å²) >= 11 is 6.59. The minimum absolute atomic E-state index is 0.125. The molecule has 9 nitrogen and oxygen atoms in total. The van der Waals surface area contributed by atoms with E-state index in [4.69, 9.17) is 21.3 Å². The summed E-state index contributed by atoms with van der Waals surface area (Å²) in [6.45, 7) is 11.6. The predicted octanol–water partition coefficient (Wildman–Crippen LogP) is 4.44. The predicted molar refractivity (Wildman–Crippen MR) is 144 cm³/mol. The Bertz CT molecular complexity index is 1220. The van der Waals surface area contributed by atoms with Crippen LogP contribution in [-0.2, 0) is 6.42 Å². The molecule has 0 bridgehead atoms. The standard InChI is InChI=1S/C25H33ClN8O/c1-5-6-18-14-23(32-31-18)30-22(27-3)15-24(34-11-9-33(4)10-12-34)28-16-35-21-8-7-20-19(25(21)26)13-17(2)29-20/h7-8,13-15,29H,3,5-6,9-12,16H2,1-2,4H3,(H2,30,31,32)/b22-15+,28-24+. The van der Waals surface area contributed by atoms with Crippen molar-refractivity contribution in [2.24, 2.45) is 9.98 Å². The van der Waals surface area contributed by atoms with Gasteiger partial charge in [-0.3, -0.25) is 5.10 Å². The van der Waals surface area contributed by atoms with Crippen LogP contribution in [0, 0.1) is 6.92 Å². The zero-order valence-corrected chi connectivity index (χ0v) is 21.3. The Morgan fingerprint density at radius 3 is 2.83 bits per heavy atom. The molecule has 3 N–H and O–H groups in total. The number of fused-ring (bicyclic) bond motifs is 1. The van der Waals surface area contributed by atoms with Crippen molar-refractivity contribution in [1.82, 2.24) is 25.0 Å². The van der Waals surface area contributed by atoms with Crippen LogP contribution in [0.3, 0.4) is 0 Å². The van der Waals surface area contributed by atoms with E-state index in [1.807, 2.05) is 37.3 Å². The van der Waals surface area contributed by atoms with Crippen LogP contribution < -0.4 is 10.1 Å². The number of likely N-dealkylation sites (N-methyl/N-ethyl adjacent to an activating group) is 1. The highest BCUT2D eigenvalue weighted by molar-refractivity contribution is 6.37. The largest absolute Gasteiger partial charge is 0.470 e. The third-order valence-electron chi connectivity index (χ3n) is 5.95. The van der Waals surface area contributed by atoms with Crippen LogP contribution in [0.25, 0.3) is 10.9 Å². The molecule has 0 radical (unpaired) electrons. The van der Waals surface area contributed by atoms with Gasteiger partial charge in [-0.15, -0.1) is 0 Å². The maximum absolute atomic E-state index is 6.59. The van der Waals surface area contributed by atoms with Crippen LogP contribution in [-0.4, -0.2) is 77.5 Å². The van der Waals surface area contributed by atoms with E-state index in [0.29, 0.717) is 22.4 Å². The summed E-state index contributed by atoms with van der Waals surface area (Å²) in [6.07, 6.45) is 3.87. The second-order valence-electron chi connectivity index (χ2n) is 8.71. The number of nitrogens with one attached hydrogen (secondary N) is 3. The summed E-state index contributed by atoms with van der Waals surface area (Å²) in [5.74, 6) is 2.64. The van der Waals surface area contributed by atoms with E-state index < -0.39 is 0 Å². The van der Waals surface area contributed by atoms with E-state index in [0.717, 1.165) is 67.1 Å². The smallest absolute Gasteiger partial charge is 0.181 e. The first-order chi connectivity index (χ1) is 17.0. The number of ether oxygens (including phenoxy) is 1. The Morgan fingerprint density at radius 2 is 2.09 bits per heavy atom. The summed E-state index contributed by atoms with van der Waals surface area (Å²) in [6, 6.07) is 7.83. The van der Waals surface area contributed by atoms with Gasteiger partial charge in [0.15, 0.2) is 12.5 Å². The summed E-state index contributed by atoms with van der Waals surface area (Å²) in [5, 5.41) is 12.1. The van der Waals surface area contributed by atoms with Crippen LogP contribution in [0.2, 0.25) is 5.02 Å². The molecule has 1 aliphatic rings. The summed E-state index contributed by atoms with van der Waals surface area (Å²) in [5.41, 5.74) is 3.11. The van der Waals surface area contributed by atoms with Crippen LogP contribution in [0.4, 0.5) is 5.82 Å². The Kier molecular flexibility index (Phi) is 8.09. The van der Waals surface area contributed by atoms with Gasteiger partial charge in [-0.05, 0) is 45.3 Å². The van der Waals surface area contributed by atoms with Gasteiger partial charge in [0.05, 0.1) is 5.02 Å². The Labute approximate surface area is 210 Å². The fourth-order valence-electron chi connectivity index (χ4n) is 4.04. The van der Waals surface area contributed by atoms with Crippen molar-refractivity contribution in [3.05, 3.63) is 52.6 Å². The number of aryl methyl sites for hydroxylation is 2. The molecule has 1 saturated heterocycles. The number of aromatic nitrogens is 3. The first-order valence-corrected chi connectivity index (χ1v) is 12.2. The number of benzene rings is 1. The number of halogens is 1. The van der Waals surface area contributed by atoms with Gasteiger partial charge < -0.3 is 24.8 Å². The van der Waals surface area contributed by atoms with Crippen LogP contribution in [0.5, 0.6) is 5.75 Å². The fourth-order valence-corrected chi connectivity index (χ4v) is 4.31. The van der Waals surface area contributed by atoms with E-state index >= 15 is 0 Å². The molecule has 1 fully saturated rings. The van der Waals surface area contributed by atoms with Gasteiger partial charge in [0.2, 0.25) is 0 Å². The normalized spacial score (nSPS) is 15.6. The number of amidine groups is 1. The van der Waals surface area contributed by atoms with Gasteiger partial charge >= 0.3 is 0 Å². The van der Waals surface area contributed by atoms with E-state index in [1.165, 1.54) is 0 Å². The quantitative estimate of drug-likeness (QED) is 0.300. The lowest BCUT2D eigenvalue weighted by molar-refractivity contribution is 0.214. The highest BCUT2D eigenvalue weighted by Crippen LogP contribution is 2.33. The van der Waals surface area contributed by atoms with Crippen molar-refractivity contribution in [2.75, 3.05) is 45.3 Å². The van der Waals surface area contributed by atoms with Crippen LogP contribution in [0.15, 0.2) is 46.1 Å². The van der Waals surface area contributed by atoms with Gasteiger partial charge in [0.25, 0.3) is 0 Å². The molecule has 3 heterocycles. The minimum atomic E-state index is 0.125. The van der Waals surface area contributed by atoms with E-state index in [2.05, 4.69) is 56.0 Å². The molecule has 2 aromatic heterocycles. The van der Waals surface area contributed by atoms with Gasteiger partial charge in [-0.25, -0.2) is 9.98 Å². The van der Waals surface area contributed by atoms with E-state index in [9.17, 15) is 0 Å². The van der Waals surface area contributed by atoms with Crippen molar-refractivity contribution in [3.8, 4) is 5.75 Å². The molecule has 1 aliphatic heterocycles. The number of aromatic amines is 2. The highest BCUT2D eigenvalue weighted by Gasteiger charge is 2.17. The molecule has 4 rings (SSSR count). The zero-order valence-electron chi connectivity index (χ0n) is 20.6. The number of rotatable bonds is 9. The third kappa shape index (κ3) is 6.23. The number of nitrogens with zero attached hydrogens (tertiary/aromatic N) is 5. The minimum Gasteiger partial charge on any atom is -0.470 e. The molecule has 0 atom stereocenters. The third-order valence-corrected chi connectivity index (χ3v) is 6.34. The highest BCUT2D eigenvalue weighted by atomic mass is 35.5. The molecular formula is C25H33ClN8O. The zero-order chi connectivity index (χ0) is 24.8. The molecule has 10 heteroatoms. The van der Waals surface area contributed by atoms with Crippen molar-refractivity contribution in [3.63, 3.8) is 0 Å². The summed E-state index contributed by atoms with van der Waals surface area (Å²) < 4.78 is 5.98. The van der Waals surface area contributed by atoms with Crippen molar-refractivity contribution >= 4 is 40.9 Å². The molecule has 0 spiro atoms. The molecular weight excluding hydrogens is 464 g/mol. The van der Waals surface area contributed by atoms with Crippen molar-refractivity contribution in [2.45, 2.75) is 26.7 Å². The Morgan fingerprint density at radius 1 is 1.29 bits per heavy atom. The Hall–Kier alpha value is -3.30. The van der Waals surface area contributed by atoms with Gasteiger partial charge in [0.1, 0.15) is 17.4 Å². The van der Waals surface area contributed by atoms with E-state index in [-0.39, 0.29) is 6.73 Å². The Balaban J connectivity index is 1.53. The van der Waals surface area contributed by atoms with E-state index in [1.54, 1.807) is 0 Å². The molecule has 0 saturated carbocycles. The molecule has 1 aromatic carbocycles. The topological polar surface area (TPSA) is 96.9 Å². The summed E-state index contributed by atoms with van der Waals surface area (Å²) in [7, 11) is 2.12. The van der Waals surface area contributed by atoms with Gasteiger partial charge in [-0.1, -0.05) is 24.9 Å². The monoisotopic (exact) mass is 496 g/mol. The first kappa shape index (κ1) is 24.8. The number of hydrogen-bond donors (Lipinski definition) is 3. The van der Waals surface area contributed by atoms with Gasteiger partial charge in [0, 0.05) is 60.6 Å². The number of anilines is 1. The number of hydrogen-bond acceptors (Lipinski definition) is 6. The van der Waals surface area contributed by atoms with Crippen LogP contribution in [0.1, 0.15) is 24.7 Å². The molecule has 0 unspecified atom stereocenters. The second-order valence-corrected chi connectivity index (χ2v) is 9.09. The van der Waals surface area contributed by atoms with Crippen molar-refractivity contribution < 1.29 is 4.74 Å². The molecule has 186 valence electrons. The average Bonchev–Trinajstić information content (AvgIpc) is 3.46.